The molecule has 0 saturated carbocycles. The Bertz CT molecular complexity index is 425. The summed E-state index contributed by atoms with van der Waals surface area (Å²) in [5.74, 6) is 0. The molecule has 0 bridgehead atoms. The maximum absolute atomic E-state index is 4.09. The van der Waals surface area contributed by atoms with Crippen LogP contribution in [0.3, 0.4) is 0 Å². The molecule has 0 spiro atoms. The highest BCUT2D eigenvalue weighted by molar-refractivity contribution is 9.10. The summed E-state index contributed by atoms with van der Waals surface area (Å²) in [5.41, 5.74) is 2.26. The Labute approximate surface area is 88.8 Å². The van der Waals surface area contributed by atoms with Crippen LogP contribution in [0.2, 0.25) is 0 Å². The molecule has 2 aromatic heterocycles. The molecule has 0 N–H and O–H groups in total. The van der Waals surface area contributed by atoms with Gasteiger partial charge in [0.05, 0.1) is 0 Å². The van der Waals surface area contributed by atoms with Crippen LogP contribution in [0, 0.1) is 6.92 Å². The summed E-state index contributed by atoms with van der Waals surface area (Å²) in [6.45, 7) is 2.10. The lowest BCUT2D eigenvalue weighted by molar-refractivity contribution is 1.14. The maximum Gasteiger partial charge on any atom is 0.117 e. The van der Waals surface area contributed by atoms with Gasteiger partial charge in [-0.25, -0.2) is 9.97 Å². The van der Waals surface area contributed by atoms with Gasteiger partial charge in [-0.1, -0.05) is 0 Å². The number of nitrogens with zero attached hydrogens (tertiary/aromatic N) is 2. The van der Waals surface area contributed by atoms with E-state index in [1.165, 1.54) is 16.8 Å². The first-order chi connectivity index (χ1) is 6.29. The minimum atomic E-state index is 0.851. The molecule has 2 aromatic rings. The Hall–Kier alpha value is -0.740. The molecular formula is C9H7BrN2S. The van der Waals surface area contributed by atoms with Crippen LogP contribution in [0.15, 0.2) is 28.6 Å². The molecule has 0 atom stereocenters. The van der Waals surface area contributed by atoms with Gasteiger partial charge in [0, 0.05) is 16.6 Å². The van der Waals surface area contributed by atoms with Crippen molar-refractivity contribution in [1.82, 2.24) is 9.97 Å². The van der Waals surface area contributed by atoms with Gasteiger partial charge >= 0.3 is 0 Å². The highest BCUT2D eigenvalue weighted by Crippen LogP contribution is 2.30. The summed E-state index contributed by atoms with van der Waals surface area (Å²) in [6, 6.07) is 2.09. The number of hydrogen-bond acceptors (Lipinski definition) is 3. The van der Waals surface area contributed by atoms with Crippen molar-refractivity contribution < 1.29 is 0 Å². The van der Waals surface area contributed by atoms with E-state index in [1.54, 1.807) is 11.3 Å². The van der Waals surface area contributed by atoms with E-state index in [-0.39, 0.29) is 0 Å². The smallest absolute Gasteiger partial charge is 0.117 e. The molecule has 2 heterocycles. The lowest BCUT2D eigenvalue weighted by Crippen LogP contribution is -1.84. The molecular weight excluding hydrogens is 248 g/mol. The Morgan fingerprint density at radius 1 is 1.38 bits per heavy atom. The second-order valence-electron chi connectivity index (χ2n) is 2.62. The van der Waals surface area contributed by atoms with Gasteiger partial charge < -0.3 is 0 Å². The van der Waals surface area contributed by atoms with Crippen LogP contribution in [-0.2, 0) is 0 Å². The first-order valence-electron chi connectivity index (χ1n) is 3.79. The molecule has 0 amide bonds. The van der Waals surface area contributed by atoms with Gasteiger partial charge in [-0.3, -0.25) is 0 Å². The first-order valence-corrected chi connectivity index (χ1v) is 5.46. The van der Waals surface area contributed by atoms with Gasteiger partial charge in [0.15, 0.2) is 0 Å². The molecule has 0 aliphatic heterocycles. The van der Waals surface area contributed by atoms with E-state index in [1.807, 2.05) is 6.20 Å². The summed E-state index contributed by atoms with van der Waals surface area (Å²) in [5, 5.41) is 2.07. The minimum absolute atomic E-state index is 0.851. The molecule has 0 radical (unpaired) electrons. The zero-order valence-electron chi connectivity index (χ0n) is 6.99. The van der Waals surface area contributed by atoms with Gasteiger partial charge in [-0.05, 0) is 39.9 Å². The molecule has 2 nitrogen and oxygen atoms in total. The standard InChI is InChI=1S/C9H7BrN2S/c1-6-7(2-3-13-6)8-4-11-5-12-9(8)10/h2-5H,1H3. The summed E-state index contributed by atoms with van der Waals surface area (Å²) < 4.78 is 0.851. The third-order valence-corrected chi connectivity index (χ3v) is 3.29. The van der Waals surface area contributed by atoms with E-state index in [4.69, 9.17) is 0 Å². The number of rotatable bonds is 1. The summed E-state index contributed by atoms with van der Waals surface area (Å²) in [4.78, 5) is 9.38. The van der Waals surface area contributed by atoms with Crippen LogP contribution in [0.4, 0.5) is 0 Å². The summed E-state index contributed by atoms with van der Waals surface area (Å²) in [7, 11) is 0. The highest BCUT2D eigenvalue weighted by atomic mass is 79.9. The molecule has 0 aliphatic rings. The van der Waals surface area contributed by atoms with E-state index >= 15 is 0 Å². The van der Waals surface area contributed by atoms with E-state index in [2.05, 4.69) is 44.3 Å². The Kier molecular flexibility index (Phi) is 2.42. The Morgan fingerprint density at radius 3 is 2.85 bits per heavy atom. The molecule has 0 fully saturated rings. The van der Waals surface area contributed by atoms with Crippen molar-refractivity contribution in [2.45, 2.75) is 6.92 Å². The zero-order valence-corrected chi connectivity index (χ0v) is 9.39. The predicted octanol–water partition coefficient (Wildman–Crippen LogP) is 3.28. The van der Waals surface area contributed by atoms with Crippen molar-refractivity contribution in [3.63, 3.8) is 0 Å². The van der Waals surface area contributed by atoms with Crippen LogP contribution in [0.5, 0.6) is 0 Å². The number of thiophene rings is 1. The van der Waals surface area contributed by atoms with Gasteiger partial charge in [0.25, 0.3) is 0 Å². The van der Waals surface area contributed by atoms with Crippen molar-refractivity contribution in [1.29, 1.82) is 0 Å². The third kappa shape index (κ3) is 1.64. The van der Waals surface area contributed by atoms with E-state index in [9.17, 15) is 0 Å². The van der Waals surface area contributed by atoms with Gasteiger partial charge in [-0.15, -0.1) is 11.3 Å². The Balaban J connectivity index is 2.59. The van der Waals surface area contributed by atoms with Crippen molar-refractivity contribution >= 4 is 27.3 Å². The zero-order chi connectivity index (χ0) is 9.26. The third-order valence-electron chi connectivity index (χ3n) is 1.81. The Morgan fingerprint density at radius 2 is 2.23 bits per heavy atom. The second-order valence-corrected chi connectivity index (χ2v) is 4.49. The number of aromatic nitrogens is 2. The average Bonchev–Trinajstić information content (AvgIpc) is 2.52. The minimum Gasteiger partial charge on any atom is -0.244 e. The lowest BCUT2D eigenvalue weighted by atomic mass is 10.1. The topological polar surface area (TPSA) is 25.8 Å². The van der Waals surface area contributed by atoms with E-state index < -0.39 is 0 Å². The molecule has 0 aromatic carbocycles. The van der Waals surface area contributed by atoms with E-state index in [0.717, 1.165) is 10.2 Å². The fourth-order valence-corrected chi connectivity index (χ4v) is 2.28. The van der Waals surface area contributed by atoms with Crippen molar-refractivity contribution in [2.24, 2.45) is 0 Å². The van der Waals surface area contributed by atoms with Crippen LogP contribution in [0.1, 0.15) is 4.88 Å². The number of aryl methyl sites for hydroxylation is 1. The van der Waals surface area contributed by atoms with Crippen LogP contribution < -0.4 is 0 Å². The highest BCUT2D eigenvalue weighted by Gasteiger charge is 2.07. The molecule has 4 heteroatoms. The van der Waals surface area contributed by atoms with Gasteiger partial charge in [0.2, 0.25) is 0 Å². The normalized spacial score (nSPS) is 10.3. The second kappa shape index (κ2) is 3.55. The summed E-state index contributed by atoms with van der Waals surface area (Å²) in [6.07, 6.45) is 3.36. The van der Waals surface area contributed by atoms with Crippen LogP contribution in [-0.4, -0.2) is 9.97 Å². The van der Waals surface area contributed by atoms with Crippen molar-refractivity contribution in [3.8, 4) is 11.1 Å². The fraction of sp³-hybridized carbons (Fsp3) is 0.111. The molecule has 0 saturated heterocycles. The number of hydrogen-bond donors (Lipinski definition) is 0. The maximum atomic E-state index is 4.09. The molecule has 0 aliphatic carbocycles. The van der Waals surface area contributed by atoms with Crippen LogP contribution in [0.25, 0.3) is 11.1 Å². The molecule has 66 valence electrons. The number of halogens is 1. The largest absolute Gasteiger partial charge is 0.244 e. The quantitative estimate of drug-likeness (QED) is 0.731. The summed E-state index contributed by atoms with van der Waals surface area (Å²) >= 11 is 5.14. The lowest BCUT2D eigenvalue weighted by Gasteiger charge is -2.00. The van der Waals surface area contributed by atoms with Crippen LogP contribution >= 0.6 is 27.3 Å². The predicted molar refractivity (Wildman–Crippen MR) is 57.8 cm³/mol. The first kappa shape index (κ1) is 8.84. The fourth-order valence-electron chi connectivity index (χ4n) is 1.16. The molecule has 0 unspecified atom stereocenters. The monoisotopic (exact) mass is 254 g/mol. The molecule has 13 heavy (non-hydrogen) atoms. The van der Waals surface area contributed by atoms with Crippen molar-refractivity contribution in [2.75, 3.05) is 0 Å². The van der Waals surface area contributed by atoms with Gasteiger partial charge in [0.1, 0.15) is 10.9 Å². The molecule has 2 rings (SSSR count). The van der Waals surface area contributed by atoms with E-state index in [0.29, 0.717) is 0 Å². The SMILES string of the molecule is Cc1sccc1-c1cncnc1Br. The van der Waals surface area contributed by atoms with Crippen molar-refractivity contribution in [3.05, 3.63) is 33.5 Å². The average molecular weight is 255 g/mol. The van der Waals surface area contributed by atoms with Gasteiger partial charge in [-0.2, -0.15) is 0 Å².